The van der Waals surface area contributed by atoms with E-state index in [2.05, 4.69) is 23.2 Å². The first-order valence-corrected chi connectivity index (χ1v) is 9.86. The molecule has 0 fully saturated rings. The van der Waals surface area contributed by atoms with Crippen molar-refractivity contribution in [3.05, 3.63) is 119 Å². The van der Waals surface area contributed by atoms with E-state index in [1.165, 1.54) is 0 Å². The largest absolute Gasteiger partial charge is 0.432 e. The van der Waals surface area contributed by atoms with E-state index in [1.54, 1.807) is 30.3 Å². The van der Waals surface area contributed by atoms with Gasteiger partial charge in [0, 0.05) is 22.6 Å². The van der Waals surface area contributed by atoms with Crippen molar-refractivity contribution in [2.45, 2.75) is 6.11 Å². The number of benzene rings is 4. The van der Waals surface area contributed by atoms with Crippen molar-refractivity contribution >= 4 is 16.8 Å². The number of rotatable bonds is 4. The van der Waals surface area contributed by atoms with Crippen LogP contribution in [0.3, 0.4) is 0 Å². The average Bonchev–Trinajstić information content (AvgIpc) is 2.76. The maximum absolute atomic E-state index is 14.7. The van der Waals surface area contributed by atoms with Crippen molar-refractivity contribution in [1.82, 2.24) is 0 Å². The average molecular weight is 468 g/mol. The standard InChI is InChI=1S/C27H14F6O/c1-2-16-3-5-17(6-4-16)7-8-18-11-24(30)26(25(31)12-18)27(32,33)34-21-9-10-22-19(14-21)13-20(28)15-23(22)29/h2-6,9-15H,1H2. The molecule has 170 valence electrons. The first-order valence-electron chi connectivity index (χ1n) is 9.86. The fraction of sp³-hybridized carbons (Fsp3) is 0.0370. The van der Waals surface area contributed by atoms with Crippen molar-refractivity contribution in [3.63, 3.8) is 0 Å². The van der Waals surface area contributed by atoms with E-state index in [9.17, 15) is 26.3 Å². The van der Waals surface area contributed by atoms with Crippen molar-refractivity contribution in [2.75, 3.05) is 0 Å². The molecule has 1 nitrogen and oxygen atoms in total. The topological polar surface area (TPSA) is 9.23 Å². The molecule has 0 atom stereocenters. The van der Waals surface area contributed by atoms with Gasteiger partial charge in [0.15, 0.2) is 0 Å². The molecule has 0 bridgehead atoms. The summed E-state index contributed by atoms with van der Waals surface area (Å²) >= 11 is 0. The number of hydrogen-bond donors (Lipinski definition) is 0. The molecule has 0 amide bonds. The van der Waals surface area contributed by atoms with Gasteiger partial charge in [-0.1, -0.05) is 36.6 Å². The Morgan fingerprint density at radius 2 is 1.38 bits per heavy atom. The first-order chi connectivity index (χ1) is 16.2. The molecule has 0 aliphatic rings. The predicted molar refractivity (Wildman–Crippen MR) is 117 cm³/mol. The summed E-state index contributed by atoms with van der Waals surface area (Å²) in [4.78, 5) is 0. The molecule has 0 aromatic heterocycles. The zero-order valence-corrected chi connectivity index (χ0v) is 17.3. The van der Waals surface area contributed by atoms with Gasteiger partial charge in [-0.2, -0.15) is 8.78 Å². The summed E-state index contributed by atoms with van der Waals surface area (Å²) in [6.45, 7) is 3.63. The van der Waals surface area contributed by atoms with Crippen LogP contribution in [0.2, 0.25) is 0 Å². The van der Waals surface area contributed by atoms with Crippen LogP contribution in [-0.4, -0.2) is 0 Å². The summed E-state index contributed by atoms with van der Waals surface area (Å²) < 4.78 is 90.1. The summed E-state index contributed by atoms with van der Waals surface area (Å²) in [5.74, 6) is -0.244. The second-order valence-corrected chi connectivity index (χ2v) is 7.28. The SMILES string of the molecule is C=Cc1ccc(C#Cc2cc(F)c(C(F)(F)Oc3ccc4c(F)cc(F)cc4c3)c(F)c2)cc1. The van der Waals surface area contributed by atoms with Gasteiger partial charge in [0.05, 0.1) is 0 Å². The molecule has 4 aromatic rings. The van der Waals surface area contributed by atoms with Gasteiger partial charge in [0.2, 0.25) is 0 Å². The first kappa shape index (κ1) is 23.0. The maximum Gasteiger partial charge on any atom is 0.432 e. The van der Waals surface area contributed by atoms with Crippen molar-refractivity contribution in [1.29, 1.82) is 0 Å². The van der Waals surface area contributed by atoms with E-state index in [-0.39, 0.29) is 16.3 Å². The maximum atomic E-state index is 14.7. The molecule has 34 heavy (non-hydrogen) atoms. The quantitative estimate of drug-likeness (QED) is 0.222. The van der Waals surface area contributed by atoms with Crippen LogP contribution in [0.5, 0.6) is 5.75 Å². The fourth-order valence-corrected chi connectivity index (χ4v) is 3.30. The molecule has 0 aliphatic carbocycles. The molecule has 4 aromatic carbocycles. The Balaban J connectivity index is 1.62. The van der Waals surface area contributed by atoms with Crippen LogP contribution in [0.1, 0.15) is 22.3 Å². The summed E-state index contributed by atoms with van der Waals surface area (Å²) in [6, 6.07) is 12.8. The minimum Gasteiger partial charge on any atom is -0.429 e. The lowest BCUT2D eigenvalue weighted by Gasteiger charge is -2.20. The molecule has 0 N–H and O–H groups in total. The lowest BCUT2D eigenvalue weighted by atomic mass is 10.1. The highest BCUT2D eigenvalue weighted by Crippen LogP contribution is 2.36. The van der Waals surface area contributed by atoms with Gasteiger partial charge < -0.3 is 4.74 Å². The molecule has 0 aliphatic heterocycles. The molecule has 0 saturated heterocycles. The molecule has 0 radical (unpaired) electrons. The van der Waals surface area contributed by atoms with Crippen molar-refractivity contribution in [3.8, 4) is 17.6 Å². The lowest BCUT2D eigenvalue weighted by Crippen LogP contribution is -2.25. The highest BCUT2D eigenvalue weighted by molar-refractivity contribution is 5.84. The van der Waals surface area contributed by atoms with Crippen LogP contribution in [0.25, 0.3) is 16.8 Å². The second kappa shape index (κ2) is 8.99. The fourth-order valence-electron chi connectivity index (χ4n) is 3.30. The van der Waals surface area contributed by atoms with Crippen LogP contribution >= 0.6 is 0 Å². The Labute approximate surface area is 190 Å². The summed E-state index contributed by atoms with van der Waals surface area (Å²) in [7, 11) is 0. The van der Waals surface area contributed by atoms with Gasteiger partial charge in [-0.05, 0) is 59.5 Å². The zero-order chi connectivity index (χ0) is 24.5. The van der Waals surface area contributed by atoms with E-state index in [4.69, 9.17) is 0 Å². The molecule has 0 saturated carbocycles. The normalized spacial score (nSPS) is 11.1. The molecule has 4 rings (SSSR count). The molecular weight excluding hydrogens is 454 g/mol. The zero-order valence-electron chi connectivity index (χ0n) is 17.3. The number of hydrogen-bond acceptors (Lipinski definition) is 1. The van der Waals surface area contributed by atoms with Gasteiger partial charge in [-0.25, -0.2) is 17.6 Å². The minimum absolute atomic E-state index is 0.0310. The Hall–Kier alpha value is -4.18. The van der Waals surface area contributed by atoms with E-state index >= 15 is 0 Å². The predicted octanol–water partition coefficient (Wildman–Crippen LogP) is 7.57. The van der Waals surface area contributed by atoms with E-state index in [0.717, 1.165) is 29.8 Å². The van der Waals surface area contributed by atoms with Crippen LogP contribution in [-0.2, 0) is 6.11 Å². The Morgan fingerprint density at radius 1 is 0.735 bits per heavy atom. The number of alkyl halides is 2. The summed E-state index contributed by atoms with van der Waals surface area (Å²) in [5, 5.41) is -0.0880. The highest BCUT2D eigenvalue weighted by Gasteiger charge is 2.41. The van der Waals surface area contributed by atoms with Crippen molar-refractivity contribution < 1.29 is 31.1 Å². The lowest BCUT2D eigenvalue weighted by molar-refractivity contribution is -0.189. The molecule has 7 heteroatoms. The van der Waals surface area contributed by atoms with Crippen molar-refractivity contribution in [2.24, 2.45) is 0 Å². The van der Waals surface area contributed by atoms with Gasteiger partial charge in [0.25, 0.3) is 0 Å². The highest BCUT2D eigenvalue weighted by atomic mass is 19.3. The number of ether oxygens (including phenoxy) is 1. The van der Waals surface area contributed by atoms with Crippen LogP contribution < -0.4 is 4.74 Å². The third-order valence-electron chi connectivity index (χ3n) is 4.92. The Morgan fingerprint density at radius 3 is 2.03 bits per heavy atom. The molecule has 0 unspecified atom stereocenters. The van der Waals surface area contributed by atoms with Gasteiger partial charge in [-0.15, -0.1) is 0 Å². The van der Waals surface area contributed by atoms with Gasteiger partial charge >= 0.3 is 6.11 Å². The van der Waals surface area contributed by atoms with Crippen LogP contribution in [0.4, 0.5) is 26.3 Å². The summed E-state index contributed by atoms with van der Waals surface area (Å²) in [5.41, 5.74) is -0.359. The monoisotopic (exact) mass is 468 g/mol. The summed E-state index contributed by atoms with van der Waals surface area (Å²) in [6.07, 6.45) is -2.78. The van der Waals surface area contributed by atoms with Crippen LogP contribution in [0, 0.1) is 35.1 Å². The third kappa shape index (κ3) is 4.76. The Kier molecular flexibility index (Phi) is 6.08. The Bertz CT molecular complexity index is 1440. The molecule has 0 spiro atoms. The van der Waals surface area contributed by atoms with Crippen LogP contribution in [0.15, 0.2) is 73.3 Å². The van der Waals surface area contributed by atoms with E-state index in [1.807, 2.05) is 0 Å². The van der Waals surface area contributed by atoms with Gasteiger partial charge in [-0.3, -0.25) is 0 Å². The second-order valence-electron chi connectivity index (χ2n) is 7.28. The van der Waals surface area contributed by atoms with Gasteiger partial charge in [0.1, 0.15) is 34.6 Å². The molecular formula is C27H14F6O. The minimum atomic E-state index is -4.42. The number of halogens is 6. The third-order valence-corrected chi connectivity index (χ3v) is 4.92. The van der Waals surface area contributed by atoms with E-state index in [0.29, 0.717) is 23.8 Å². The smallest absolute Gasteiger partial charge is 0.429 e. The van der Waals surface area contributed by atoms with E-state index < -0.39 is 40.7 Å². The molecule has 0 heterocycles. The number of fused-ring (bicyclic) bond motifs is 1.